The third kappa shape index (κ3) is 6.86. The Hall–Kier alpha value is -4.92. The molecule has 3 N–H and O–H groups in total. The maximum Gasteiger partial charge on any atom is 0.230 e. The Bertz CT molecular complexity index is 1600. The second-order valence-corrected chi connectivity index (χ2v) is 10.0. The SMILES string of the molecule is C#CN(CCCOc1cc2ncnc(Nc3cc(CC(=O)Nc4cccc(F)c4F)[nH]n3)c2cc1OC)CC1CCC1. The van der Waals surface area contributed by atoms with Crippen LogP contribution in [0, 0.1) is 30.0 Å². The number of fused-ring (bicyclic) bond motifs is 1. The van der Waals surface area contributed by atoms with E-state index in [-0.39, 0.29) is 12.1 Å². The van der Waals surface area contributed by atoms with Crippen molar-refractivity contribution in [3.8, 4) is 24.0 Å². The first-order valence-electron chi connectivity index (χ1n) is 13.7. The lowest BCUT2D eigenvalue weighted by Crippen LogP contribution is -2.30. The van der Waals surface area contributed by atoms with Crippen molar-refractivity contribution in [2.75, 3.05) is 37.4 Å². The van der Waals surface area contributed by atoms with Crippen LogP contribution in [0.5, 0.6) is 11.5 Å². The lowest BCUT2D eigenvalue weighted by Gasteiger charge is -2.30. The van der Waals surface area contributed by atoms with E-state index in [1.165, 1.54) is 37.7 Å². The summed E-state index contributed by atoms with van der Waals surface area (Å²) in [7, 11) is 1.56. The molecule has 5 rings (SSSR count). The largest absolute Gasteiger partial charge is 0.493 e. The molecule has 218 valence electrons. The van der Waals surface area contributed by atoms with Gasteiger partial charge in [0.1, 0.15) is 12.1 Å². The number of H-pyrrole nitrogens is 1. The van der Waals surface area contributed by atoms with Crippen LogP contribution in [-0.4, -0.2) is 57.8 Å². The van der Waals surface area contributed by atoms with Gasteiger partial charge in [0.2, 0.25) is 5.91 Å². The van der Waals surface area contributed by atoms with Gasteiger partial charge in [0.05, 0.1) is 31.3 Å². The molecule has 2 aromatic heterocycles. The molecule has 1 amide bonds. The number of aromatic amines is 1. The Kier molecular flexibility index (Phi) is 8.96. The third-order valence-electron chi connectivity index (χ3n) is 7.09. The van der Waals surface area contributed by atoms with Crippen LogP contribution in [0.3, 0.4) is 0 Å². The van der Waals surface area contributed by atoms with Crippen LogP contribution in [0.25, 0.3) is 10.9 Å². The lowest BCUT2D eigenvalue weighted by atomic mass is 9.85. The van der Waals surface area contributed by atoms with Crippen molar-refractivity contribution >= 4 is 34.1 Å². The number of nitrogens with zero attached hydrogens (tertiary/aromatic N) is 4. The zero-order chi connectivity index (χ0) is 29.5. The fraction of sp³-hybridized carbons (Fsp3) is 0.333. The second-order valence-electron chi connectivity index (χ2n) is 10.0. The predicted molar refractivity (Wildman–Crippen MR) is 155 cm³/mol. The topological polar surface area (TPSA) is 117 Å². The number of hydrogen-bond donors (Lipinski definition) is 3. The number of terminal acetylenes is 1. The Morgan fingerprint density at radius 2 is 2.07 bits per heavy atom. The normalized spacial score (nSPS) is 12.8. The van der Waals surface area contributed by atoms with E-state index in [0.717, 1.165) is 25.6 Å². The highest BCUT2D eigenvalue weighted by atomic mass is 19.2. The van der Waals surface area contributed by atoms with E-state index in [4.69, 9.17) is 15.9 Å². The monoisotopic (exact) mass is 575 g/mol. The first kappa shape index (κ1) is 28.6. The van der Waals surface area contributed by atoms with Crippen molar-refractivity contribution in [3.63, 3.8) is 0 Å². The van der Waals surface area contributed by atoms with Gasteiger partial charge in [-0.2, -0.15) is 5.10 Å². The molecule has 12 heteroatoms. The number of ether oxygens (including phenoxy) is 2. The summed E-state index contributed by atoms with van der Waals surface area (Å²) in [6, 6.07) is 11.5. The number of carbonyl (C=O) groups is 1. The summed E-state index contributed by atoms with van der Waals surface area (Å²) in [5, 5.41) is 13.1. The van der Waals surface area contributed by atoms with Crippen molar-refractivity contribution in [2.24, 2.45) is 5.92 Å². The van der Waals surface area contributed by atoms with Crippen LogP contribution in [0.4, 0.5) is 26.1 Å². The van der Waals surface area contributed by atoms with E-state index in [0.29, 0.717) is 52.3 Å². The van der Waals surface area contributed by atoms with Gasteiger partial charge in [-0.05, 0) is 43.4 Å². The molecule has 0 unspecified atom stereocenters. The van der Waals surface area contributed by atoms with Gasteiger partial charge in [0.25, 0.3) is 0 Å². The highest BCUT2D eigenvalue weighted by molar-refractivity contribution is 5.93. The summed E-state index contributed by atoms with van der Waals surface area (Å²) in [5.41, 5.74) is 0.849. The lowest BCUT2D eigenvalue weighted by molar-refractivity contribution is -0.115. The number of amides is 1. The molecule has 10 nitrogen and oxygen atoms in total. The first-order valence-corrected chi connectivity index (χ1v) is 13.7. The van der Waals surface area contributed by atoms with Gasteiger partial charge in [0, 0.05) is 42.3 Å². The molecule has 0 radical (unpaired) electrons. The smallest absolute Gasteiger partial charge is 0.230 e. The van der Waals surface area contributed by atoms with E-state index in [1.807, 2.05) is 4.90 Å². The zero-order valence-electron chi connectivity index (χ0n) is 23.1. The number of methoxy groups -OCH3 is 1. The van der Waals surface area contributed by atoms with Gasteiger partial charge >= 0.3 is 0 Å². The van der Waals surface area contributed by atoms with Gasteiger partial charge in [-0.1, -0.05) is 18.9 Å². The third-order valence-corrected chi connectivity index (χ3v) is 7.09. The van der Waals surface area contributed by atoms with E-state index < -0.39 is 17.5 Å². The minimum Gasteiger partial charge on any atom is -0.493 e. The summed E-state index contributed by atoms with van der Waals surface area (Å²) in [4.78, 5) is 23.1. The van der Waals surface area contributed by atoms with Crippen molar-refractivity contribution in [1.29, 1.82) is 0 Å². The fourth-order valence-electron chi connectivity index (χ4n) is 4.67. The minimum atomic E-state index is -1.12. The number of benzene rings is 2. The predicted octanol–water partition coefficient (Wildman–Crippen LogP) is 5.03. The number of nitrogens with one attached hydrogen (secondary N) is 3. The Balaban J connectivity index is 1.21. The van der Waals surface area contributed by atoms with E-state index in [9.17, 15) is 13.6 Å². The summed E-state index contributed by atoms with van der Waals surface area (Å²) in [6.07, 6.45) is 11.5. The maximum absolute atomic E-state index is 13.9. The fourth-order valence-corrected chi connectivity index (χ4v) is 4.67. The number of anilines is 3. The summed E-state index contributed by atoms with van der Waals surface area (Å²) in [6.45, 7) is 2.16. The molecular weight excluding hydrogens is 544 g/mol. The average molecular weight is 576 g/mol. The van der Waals surface area contributed by atoms with Crippen molar-refractivity contribution < 1.29 is 23.0 Å². The molecule has 2 aromatic carbocycles. The van der Waals surface area contributed by atoms with E-state index in [2.05, 4.69) is 36.8 Å². The number of hydrogen-bond acceptors (Lipinski definition) is 8. The molecule has 1 aliphatic carbocycles. The summed E-state index contributed by atoms with van der Waals surface area (Å²) in [5.74, 6) is -0.0495. The van der Waals surface area contributed by atoms with Crippen LogP contribution in [-0.2, 0) is 11.2 Å². The van der Waals surface area contributed by atoms with Gasteiger partial charge in [-0.3, -0.25) is 9.89 Å². The number of carbonyl (C=O) groups excluding carboxylic acids is 1. The maximum atomic E-state index is 13.9. The van der Waals surface area contributed by atoms with Gasteiger partial charge in [-0.15, -0.1) is 0 Å². The standard InChI is InChI=1S/C30H31F2N7O3/c1-3-39(17-19-7-4-8-19)11-6-12-42-26-16-24-21(15-25(26)41-2)30(34-18-33-24)36-27-13-20(37-38-27)14-28(40)35-23-10-5-9-22(31)29(23)32/h1,5,9-10,13,15-16,18-19H,4,6-8,11-12,14,17H2,2H3,(H,35,40)(H2,33,34,36,37,38). The molecule has 42 heavy (non-hydrogen) atoms. The van der Waals surface area contributed by atoms with Crippen LogP contribution >= 0.6 is 0 Å². The van der Waals surface area contributed by atoms with Crippen molar-refractivity contribution in [2.45, 2.75) is 32.1 Å². The van der Waals surface area contributed by atoms with Gasteiger partial charge in [0.15, 0.2) is 29.0 Å². The van der Waals surface area contributed by atoms with Crippen LogP contribution < -0.4 is 20.1 Å². The van der Waals surface area contributed by atoms with Crippen molar-refractivity contribution in [3.05, 3.63) is 60.1 Å². The molecular formula is C30H31F2N7O3. The summed E-state index contributed by atoms with van der Waals surface area (Å²) < 4.78 is 38.9. The van der Waals surface area contributed by atoms with Crippen LogP contribution in [0.1, 0.15) is 31.4 Å². The Morgan fingerprint density at radius 1 is 1.21 bits per heavy atom. The minimum absolute atomic E-state index is 0.136. The molecule has 1 saturated carbocycles. The highest BCUT2D eigenvalue weighted by Crippen LogP contribution is 2.35. The van der Waals surface area contributed by atoms with Crippen LogP contribution in [0.2, 0.25) is 0 Å². The van der Waals surface area contributed by atoms with E-state index >= 15 is 0 Å². The van der Waals surface area contributed by atoms with Gasteiger partial charge in [-0.25, -0.2) is 18.7 Å². The molecule has 2 heterocycles. The number of halogens is 2. The quantitative estimate of drug-likeness (QED) is 0.116. The molecule has 0 bridgehead atoms. The first-order chi connectivity index (χ1) is 20.4. The van der Waals surface area contributed by atoms with Crippen molar-refractivity contribution in [1.82, 2.24) is 25.1 Å². The average Bonchev–Trinajstić information content (AvgIpc) is 3.40. The molecule has 1 fully saturated rings. The van der Waals surface area contributed by atoms with Gasteiger partial charge < -0.3 is 25.0 Å². The Morgan fingerprint density at radius 3 is 2.83 bits per heavy atom. The molecule has 0 aliphatic heterocycles. The molecule has 0 spiro atoms. The second kappa shape index (κ2) is 13.2. The molecule has 0 atom stereocenters. The molecule has 4 aromatic rings. The molecule has 1 aliphatic rings. The summed E-state index contributed by atoms with van der Waals surface area (Å²) >= 11 is 0. The zero-order valence-corrected chi connectivity index (χ0v) is 23.1. The van der Waals surface area contributed by atoms with Crippen LogP contribution in [0.15, 0.2) is 42.7 Å². The number of rotatable bonds is 13. The van der Waals surface area contributed by atoms with E-state index in [1.54, 1.807) is 25.3 Å². The highest BCUT2D eigenvalue weighted by Gasteiger charge is 2.20. The molecule has 0 saturated heterocycles. The number of aromatic nitrogens is 4. The Labute approximate surface area is 241 Å².